The molecule has 0 atom stereocenters. The van der Waals surface area contributed by atoms with Gasteiger partial charge in [0.25, 0.3) is 0 Å². The summed E-state index contributed by atoms with van der Waals surface area (Å²) in [4.78, 5) is 0. The quantitative estimate of drug-likeness (QED) is 0.419. The predicted octanol–water partition coefficient (Wildman–Crippen LogP) is -0.822. The third-order valence-corrected chi connectivity index (χ3v) is 0.289. The molecule has 0 radical (unpaired) electrons. The molecule has 0 saturated heterocycles. The molecule has 72 valence electrons. The van der Waals surface area contributed by atoms with Crippen LogP contribution in [-0.4, -0.2) is 43.2 Å². The van der Waals surface area contributed by atoms with Crippen LogP contribution in [0.25, 0.3) is 0 Å². The van der Waals surface area contributed by atoms with Crippen LogP contribution < -0.4 is 5.73 Å². The first-order chi connectivity index (χ1) is 4.91. The monoisotopic (exact) mass is 203 g/mol. The van der Waals surface area contributed by atoms with E-state index in [1.807, 2.05) is 0 Å². The molecule has 0 unspecified atom stereocenters. The first kappa shape index (κ1) is 30.0. The Bertz CT molecular complexity index is 19.8. The Balaban J connectivity index is -0.0000000152. The molecule has 0 aromatic heterocycles. The van der Waals surface area contributed by atoms with Gasteiger partial charge >= 0.3 is 0 Å². The van der Waals surface area contributed by atoms with E-state index >= 15 is 0 Å². The van der Waals surface area contributed by atoms with E-state index in [-0.39, 0.29) is 21.7 Å². The van der Waals surface area contributed by atoms with Gasteiger partial charge in [0.05, 0.1) is 0 Å². The second kappa shape index (κ2) is 148. The standard InChI is InChI=1S/C3H9N.3CH4O.Ti/c1-2-3-4;3*1-2;/h2-4H2,1H3;3*2H,1H3;. The van der Waals surface area contributed by atoms with Crippen LogP contribution in [-0.2, 0) is 21.7 Å². The molecule has 0 spiro atoms. The fourth-order valence-electron chi connectivity index (χ4n) is 0. The normalized spacial score (nSPS) is 4.36. The van der Waals surface area contributed by atoms with Crippen LogP contribution in [0, 0.1) is 0 Å². The van der Waals surface area contributed by atoms with E-state index in [0.29, 0.717) is 0 Å². The molecular weight excluding hydrogens is 182 g/mol. The Labute approximate surface area is 84.3 Å². The molecule has 5 N–H and O–H groups in total. The average Bonchev–Trinajstić information content (AvgIpc) is 2.14. The Hall–Kier alpha value is 0.554. The molecule has 0 bridgehead atoms. The van der Waals surface area contributed by atoms with Crippen LogP contribution in [0.2, 0.25) is 0 Å². The maximum absolute atomic E-state index is 7.00. The number of nitrogens with two attached hydrogens (primary N) is 1. The summed E-state index contributed by atoms with van der Waals surface area (Å²) in [5.74, 6) is 0. The molecule has 0 aromatic carbocycles. The Morgan fingerprint density at radius 1 is 0.909 bits per heavy atom. The SMILES string of the molecule is CCCN.CO.CO.CO.[Ti]. The van der Waals surface area contributed by atoms with E-state index < -0.39 is 0 Å². The summed E-state index contributed by atoms with van der Waals surface area (Å²) in [6.07, 6.45) is 1.10. The second-order valence-corrected chi connectivity index (χ2v) is 0.789. The van der Waals surface area contributed by atoms with Crippen LogP contribution in [0.4, 0.5) is 0 Å². The molecule has 0 aliphatic carbocycles. The number of hydrogen-bond acceptors (Lipinski definition) is 4. The minimum Gasteiger partial charge on any atom is -0.400 e. The zero-order chi connectivity index (χ0) is 9.41. The van der Waals surface area contributed by atoms with Gasteiger partial charge in [0.1, 0.15) is 0 Å². The summed E-state index contributed by atoms with van der Waals surface area (Å²) in [5.41, 5.74) is 5.03. The van der Waals surface area contributed by atoms with Crippen LogP contribution in [0.1, 0.15) is 13.3 Å². The van der Waals surface area contributed by atoms with Gasteiger partial charge in [0.2, 0.25) is 0 Å². The molecule has 0 heterocycles. The van der Waals surface area contributed by atoms with Crippen LogP contribution in [0.5, 0.6) is 0 Å². The van der Waals surface area contributed by atoms with E-state index in [1.54, 1.807) is 0 Å². The zero-order valence-corrected chi connectivity index (χ0v) is 9.39. The van der Waals surface area contributed by atoms with E-state index in [9.17, 15) is 0 Å². The van der Waals surface area contributed by atoms with Crippen molar-refractivity contribution in [2.75, 3.05) is 27.9 Å². The van der Waals surface area contributed by atoms with Crippen molar-refractivity contribution in [3.8, 4) is 0 Å². The molecule has 4 nitrogen and oxygen atoms in total. The van der Waals surface area contributed by atoms with Crippen molar-refractivity contribution < 1.29 is 37.0 Å². The van der Waals surface area contributed by atoms with E-state index in [4.69, 9.17) is 21.1 Å². The van der Waals surface area contributed by atoms with Crippen molar-refractivity contribution in [3.05, 3.63) is 0 Å². The average molecular weight is 203 g/mol. The molecule has 0 aromatic rings. The fraction of sp³-hybridized carbons (Fsp3) is 1.00. The fourth-order valence-corrected chi connectivity index (χ4v) is 0. The number of hydrogen-bond donors (Lipinski definition) is 4. The maximum Gasteiger partial charge on any atom is 0.0319 e. The zero-order valence-electron chi connectivity index (χ0n) is 7.83. The maximum atomic E-state index is 7.00. The van der Waals surface area contributed by atoms with Gasteiger partial charge in [0.15, 0.2) is 0 Å². The van der Waals surface area contributed by atoms with Gasteiger partial charge in [-0.15, -0.1) is 0 Å². The molecule has 0 aliphatic heterocycles. The van der Waals surface area contributed by atoms with Crippen molar-refractivity contribution in [3.63, 3.8) is 0 Å². The van der Waals surface area contributed by atoms with Crippen LogP contribution >= 0.6 is 0 Å². The Morgan fingerprint density at radius 3 is 1.00 bits per heavy atom. The van der Waals surface area contributed by atoms with Crippen molar-refractivity contribution in [2.45, 2.75) is 13.3 Å². The molecular formula is C6H21NO3Ti. The summed E-state index contributed by atoms with van der Waals surface area (Å²) in [7, 11) is 3.00. The smallest absolute Gasteiger partial charge is 0.0319 e. The van der Waals surface area contributed by atoms with Crippen LogP contribution in [0.15, 0.2) is 0 Å². The predicted molar refractivity (Wildman–Crippen MR) is 43.8 cm³/mol. The minimum absolute atomic E-state index is 0. The first-order valence-corrected chi connectivity index (χ1v) is 2.96. The van der Waals surface area contributed by atoms with E-state index in [1.165, 1.54) is 0 Å². The Kier molecular flexibility index (Phi) is 402. The van der Waals surface area contributed by atoms with Gasteiger partial charge in [-0.3, -0.25) is 0 Å². The first-order valence-electron chi connectivity index (χ1n) is 2.96. The topological polar surface area (TPSA) is 86.7 Å². The van der Waals surface area contributed by atoms with Gasteiger partial charge in [-0.25, -0.2) is 0 Å². The van der Waals surface area contributed by atoms with Crippen LogP contribution in [0.3, 0.4) is 0 Å². The van der Waals surface area contributed by atoms with Crippen molar-refractivity contribution in [1.82, 2.24) is 0 Å². The van der Waals surface area contributed by atoms with Crippen molar-refractivity contribution in [1.29, 1.82) is 0 Å². The van der Waals surface area contributed by atoms with Crippen molar-refractivity contribution in [2.24, 2.45) is 5.73 Å². The van der Waals surface area contributed by atoms with Gasteiger partial charge < -0.3 is 21.1 Å². The largest absolute Gasteiger partial charge is 0.400 e. The third kappa shape index (κ3) is 320. The summed E-state index contributed by atoms with van der Waals surface area (Å²) < 4.78 is 0. The number of rotatable bonds is 1. The van der Waals surface area contributed by atoms with Crippen molar-refractivity contribution >= 4 is 0 Å². The molecule has 0 rings (SSSR count). The molecule has 11 heavy (non-hydrogen) atoms. The third-order valence-electron chi connectivity index (χ3n) is 0.289. The Morgan fingerprint density at radius 2 is 1.00 bits per heavy atom. The summed E-state index contributed by atoms with van der Waals surface area (Å²) in [5, 5.41) is 21.0. The second-order valence-electron chi connectivity index (χ2n) is 0.789. The minimum atomic E-state index is 0. The number of aliphatic hydroxyl groups is 3. The summed E-state index contributed by atoms with van der Waals surface area (Å²) >= 11 is 0. The van der Waals surface area contributed by atoms with Gasteiger partial charge in [-0.2, -0.15) is 0 Å². The molecule has 0 aliphatic rings. The van der Waals surface area contributed by atoms with Gasteiger partial charge in [-0.1, -0.05) is 6.92 Å². The molecule has 0 fully saturated rings. The summed E-state index contributed by atoms with van der Waals surface area (Å²) in [6.45, 7) is 2.88. The summed E-state index contributed by atoms with van der Waals surface area (Å²) in [6, 6.07) is 0. The number of aliphatic hydroxyl groups excluding tert-OH is 3. The molecule has 5 heteroatoms. The van der Waals surface area contributed by atoms with Gasteiger partial charge in [-0.05, 0) is 13.0 Å². The molecule has 0 saturated carbocycles. The van der Waals surface area contributed by atoms with E-state index in [0.717, 1.165) is 34.3 Å². The molecule has 0 amide bonds. The van der Waals surface area contributed by atoms with E-state index in [2.05, 4.69) is 6.92 Å². The van der Waals surface area contributed by atoms with Gasteiger partial charge in [0, 0.05) is 43.0 Å².